The fourth-order valence-electron chi connectivity index (χ4n) is 3.85. The van der Waals surface area contributed by atoms with Gasteiger partial charge in [-0.25, -0.2) is 9.18 Å². The third-order valence-electron chi connectivity index (χ3n) is 5.56. The number of carbonyl (C=O) groups is 2. The molecule has 0 radical (unpaired) electrons. The van der Waals surface area contributed by atoms with Gasteiger partial charge < -0.3 is 20.7 Å². The first kappa shape index (κ1) is 23.5. The van der Waals surface area contributed by atoms with Gasteiger partial charge in [-0.2, -0.15) is 0 Å². The quantitative estimate of drug-likeness (QED) is 0.575. The Hall–Kier alpha value is -3.13. The molecule has 3 N–H and O–H groups in total. The monoisotopic (exact) mass is 442 g/mol. The van der Waals surface area contributed by atoms with Crippen LogP contribution in [0.1, 0.15) is 26.7 Å². The Morgan fingerprint density at radius 3 is 2.78 bits per heavy atom. The normalized spacial score (nSPS) is 17.3. The van der Waals surface area contributed by atoms with E-state index in [1.807, 2.05) is 38.1 Å². The van der Waals surface area contributed by atoms with E-state index in [0.29, 0.717) is 36.8 Å². The largest absolute Gasteiger partial charge is 0.492 e. The summed E-state index contributed by atoms with van der Waals surface area (Å²) in [6.07, 6.45) is 1.92. The van der Waals surface area contributed by atoms with Gasteiger partial charge in [-0.1, -0.05) is 18.2 Å². The van der Waals surface area contributed by atoms with Crippen LogP contribution < -0.4 is 20.7 Å². The zero-order chi connectivity index (χ0) is 22.9. The summed E-state index contributed by atoms with van der Waals surface area (Å²) in [5.41, 5.74) is 1.07. The second-order valence-electron chi connectivity index (χ2n) is 7.94. The number of carbonyl (C=O) groups excluding carboxylic acids is 2. The van der Waals surface area contributed by atoms with Gasteiger partial charge in [-0.3, -0.25) is 9.69 Å². The number of hydrogen-bond donors (Lipinski definition) is 3. The molecule has 3 rings (SSSR count). The van der Waals surface area contributed by atoms with Gasteiger partial charge in [0.05, 0.1) is 18.3 Å². The molecule has 8 heteroatoms. The number of piperidine rings is 1. The van der Waals surface area contributed by atoms with E-state index >= 15 is 0 Å². The minimum atomic E-state index is -0.401. The second-order valence-corrected chi connectivity index (χ2v) is 7.94. The number of anilines is 2. The number of nitrogens with zero attached hydrogens (tertiary/aromatic N) is 1. The smallest absolute Gasteiger partial charge is 0.319 e. The van der Waals surface area contributed by atoms with Gasteiger partial charge in [-0.05, 0) is 69.5 Å². The molecule has 32 heavy (non-hydrogen) atoms. The molecular weight excluding hydrogens is 411 g/mol. The van der Waals surface area contributed by atoms with E-state index < -0.39 is 5.82 Å². The van der Waals surface area contributed by atoms with Crippen LogP contribution in [0.2, 0.25) is 0 Å². The lowest BCUT2D eigenvalue weighted by Crippen LogP contribution is -2.49. The van der Waals surface area contributed by atoms with Crippen LogP contribution in [0.25, 0.3) is 0 Å². The fourth-order valence-corrected chi connectivity index (χ4v) is 3.85. The first-order chi connectivity index (χ1) is 15.5. The van der Waals surface area contributed by atoms with Crippen LogP contribution in [0.5, 0.6) is 5.75 Å². The molecule has 0 saturated carbocycles. The fraction of sp³-hybridized carbons (Fsp3) is 0.417. The zero-order valence-electron chi connectivity index (χ0n) is 18.6. The molecule has 172 valence electrons. The van der Waals surface area contributed by atoms with Crippen LogP contribution in [0, 0.1) is 11.7 Å². The number of urea groups is 1. The van der Waals surface area contributed by atoms with E-state index in [2.05, 4.69) is 20.9 Å². The first-order valence-corrected chi connectivity index (χ1v) is 11.0. The average Bonchev–Trinajstić information content (AvgIpc) is 2.79. The Balaban J connectivity index is 1.49. The van der Waals surface area contributed by atoms with Crippen LogP contribution in [0.15, 0.2) is 48.5 Å². The molecule has 2 unspecified atom stereocenters. The van der Waals surface area contributed by atoms with Crippen molar-refractivity contribution in [2.75, 3.05) is 36.9 Å². The number of halogens is 1. The van der Waals surface area contributed by atoms with Crippen LogP contribution in [-0.2, 0) is 4.79 Å². The molecule has 7 nitrogen and oxygen atoms in total. The second kappa shape index (κ2) is 11.5. The topological polar surface area (TPSA) is 82.7 Å². The number of para-hydroxylation sites is 2. The van der Waals surface area contributed by atoms with Crippen molar-refractivity contribution in [3.8, 4) is 5.75 Å². The van der Waals surface area contributed by atoms with Crippen molar-refractivity contribution in [2.24, 2.45) is 5.92 Å². The highest BCUT2D eigenvalue weighted by molar-refractivity contribution is 5.95. The summed E-state index contributed by atoms with van der Waals surface area (Å²) in [5, 5.41) is 8.47. The lowest BCUT2D eigenvalue weighted by Gasteiger charge is -2.36. The third kappa shape index (κ3) is 6.68. The number of benzene rings is 2. The maximum atomic E-state index is 13.3. The van der Waals surface area contributed by atoms with Crippen molar-refractivity contribution in [1.29, 1.82) is 0 Å². The number of hydrogen-bond acceptors (Lipinski definition) is 4. The van der Waals surface area contributed by atoms with Crippen molar-refractivity contribution < 1.29 is 18.7 Å². The molecule has 0 spiro atoms. The SMILES string of the molecule is CCOc1ccccc1NC(=O)C(C)N1CCCC(CNC(=O)Nc2cccc(F)c2)C1. The molecule has 3 amide bonds. The summed E-state index contributed by atoms with van der Waals surface area (Å²) in [5.74, 6) is 0.394. The predicted molar refractivity (Wildman–Crippen MR) is 123 cm³/mol. The third-order valence-corrected chi connectivity index (χ3v) is 5.56. The minimum Gasteiger partial charge on any atom is -0.492 e. The number of nitrogens with one attached hydrogen (secondary N) is 3. The molecule has 1 heterocycles. The Bertz CT molecular complexity index is 924. The lowest BCUT2D eigenvalue weighted by atomic mass is 9.96. The Morgan fingerprint density at radius 1 is 1.19 bits per heavy atom. The van der Waals surface area contributed by atoms with E-state index in [0.717, 1.165) is 19.4 Å². The van der Waals surface area contributed by atoms with Crippen LogP contribution in [0.3, 0.4) is 0 Å². The van der Waals surface area contributed by atoms with E-state index in [4.69, 9.17) is 4.74 Å². The molecule has 2 atom stereocenters. The Morgan fingerprint density at radius 2 is 2.00 bits per heavy atom. The van der Waals surface area contributed by atoms with E-state index in [-0.39, 0.29) is 23.9 Å². The molecule has 0 aromatic heterocycles. The standard InChI is InChI=1S/C24H31FN4O3/c1-3-32-22-12-5-4-11-21(22)28-23(30)17(2)29-13-7-8-18(16-29)15-26-24(31)27-20-10-6-9-19(25)14-20/h4-6,9-12,14,17-18H,3,7-8,13,15-16H2,1-2H3,(H,28,30)(H2,26,27,31). The molecule has 1 fully saturated rings. The van der Waals surface area contributed by atoms with E-state index in [9.17, 15) is 14.0 Å². The van der Waals surface area contributed by atoms with Gasteiger partial charge >= 0.3 is 6.03 Å². The number of amides is 3. The minimum absolute atomic E-state index is 0.0883. The van der Waals surface area contributed by atoms with Gasteiger partial charge in [0, 0.05) is 18.8 Å². The summed E-state index contributed by atoms with van der Waals surface area (Å²) < 4.78 is 18.8. The van der Waals surface area contributed by atoms with Gasteiger partial charge in [-0.15, -0.1) is 0 Å². The highest BCUT2D eigenvalue weighted by Crippen LogP contribution is 2.25. The zero-order valence-corrected chi connectivity index (χ0v) is 18.6. The average molecular weight is 443 g/mol. The van der Waals surface area contributed by atoms with Crippen molar-refractivity contribution in [3.05, 3.63) is 54.3 Å². The van der Waals surface area contributed by atoms with Gasteiger partial charge in [0.25, 0.3) is 0 Å². The molecular formula is C24H31FN4O3. The first-order valence-electron chi connectivity index (χ1n) is 11.0. The summed E-state index contributed by atoms with van der Waals surface area (Å²) in [4.78, 5) is 27.1. The number of rotatable bonds is 8. The highest BCUT2D eigenvalue weighted by Gasteiger charge is 2.28. The van der Waals surface area contributed by atoms with Crippen LogP contribution in [0.4, 0.5) is 20.6 Å². The summed E-state index contributed by atoms with van der Waals surface area (Å²) in [7, 11) is 0. The summed E-state index contributed by atoms with van der Waals surface area (Å²) in [6, 6.07) is 12.5. The van der Waals surface area contributed by atoms with Gasteiger partial charge in [0.1, 0.15) is 11.6 Å². The van der Waals surface area contributed by atoms with Gasteiger partial charge in [0.2, 0.25) is 5.91 Å². The van der Waals surface area contributed by atoms with Crippen LogP contribution in [-0.4, -0.2) is 49.1 Å². The molecule has 1 aliphatic heterocycles. The number of likely N-dealkylation sites (tertiary alicyclic amines) is 1. The van der Waals surface area contributed by atoms with Crippen molar-refractivity contribution in [2.45, 2.75) is 32.7 Å². The Labute approximate surface area is 188 Å². The molecule has 2 aromatic carbocycles. The predicted octanol–water partition coefficient (Wildman–Crippen LogP) is 4.09. The van der Waals surface area contributed by atoms with Crippen LogP contribution >= 0.6 is 0 Å². The van der Waals surface area contributed by atoms with Crippen molar-refractivity contribution in [1.82, 2.24) is 10.2 Å². The molecule has 0 bridgehead atoms. The maximum Gasteiger partial charge on any atom is 0.319 e. The molecule has 1 saturated heterocycles. The van der Waals surface area contributed by atoms with E-state index in [1.54, 1.807) is 12.1 Å². The molecule has 1 aliphatic rings. The molecule has 2 aromatic rings. The van der Waals surface area contributed by atoms with E-state index in [1.165, 1.54) is 12.1 Å². The molecule has 0 aliphatic carbocycles. The number of ether oxygens (including phenoxy) is 1. The lowest BCUT2D eigenvalue weighted by molar-refractivity contribution is -0.121. The summed E-state index contributed by atoms with van der Waals surface area (Å²) >= 11 is 0. The van der Waals surface area contributed by atoms with Gasteiger partial charge in [0.15, 0.2) is 0 Å². The van der Waals surface area contributed by atoms with Crippen molar-refractivity contribution in [3.63, 3.8) is 0 Å². The Kier molecular flexibility index (Phi) is 8.44. The highest BCUT2D eigenvalue weighted by atomic mass is 19.1. The van der Waals surface area contributed by atoms with Crippen molar-refractivity contribution >= 4 is 23.3 Å². The summed E-state index contributed by atoms with van der Waals surface area (Å²) in [6.45, 7) is 6.34. The maximum absolute atomic E-state index is 13.3.